The van der Waals surface area contributed by atoms with Crippen LogP contribution in [0.1, 0.15) is 30.8 Å². The van der Waals surface area contributed by atoms with Crippen molar-refractivity contribution in [2.75, 3.05) is 0 Å². The molecule has 0 fully saturated rings. The minimum absolute atomic E-state index is 0.613. The molecule has 84 valence electrons. The second-order valence-corrected chi connectivity index (χ2v) is 3.54. The smallest absolute Gasteiger partial charge is 0.139 e. The third-order valence-electron chi connectivity index (χ3n) is 2.33. The van der Waals surface area contributed by atoms with E-state index in [1.165, 1.54) is 0 Å². The summed E-state index contributed by atoms with van der Waals surface area (Å²) in [6, 6.07) is 5.45. The fourth-order valence-corrected chi connectivity index (χ4v) is 1.55. The quantitative estimate of drug-likeness (QED) is 0.836. The summed E-state index contributed by atoms with van der Waals surface area (Å²) >= 11 is 0. The Morgan fingerprint density at radius 3 is 3.00 bits per heavy atom. The Morgan fingerprint density at radius 2 is 2.31 bits per heavy atom. The topological polar surface area (TPSA) is 63.8 Å². The first-order valence-electron chi connectivity index (χ1n) is 5.30. The van der Waals surface area contributed by atoms with Gasteiger partial charge >= 0.3 is 0 Å². The van der Waals surface area contributed by atoms with Crippen LogP contribution in [-0.4, -0.2) is 25.1 Å². The largest absolute Gasteiger partial charge is 0.380 e. The van der Waals surface area contributed by atoms with Crippen LogP contribution in [0.3, 0.4) is 0 Å². The molecule has 0 radical (unpaired) electrons. The van der Waals surface area contributed by atoms with E-state index in [2.05, 4.69) is 22.2 Å². The van der Waals surface area contributed by atoms with Crippen molar-refractivity contribution in [1.82, 2.24) is 20.0 Å². The van der Waals surface area contributed by atoms with E-state index in [0.29, 0.717) is 11.4 Å². The maximum atomic E-state index is 10.1. The van der Waals surface area contributed by atoms with Crippen molar-refractivity contribution in [1.29, 1.82) is 0 Å². The molecule has 16 heavy (non-hydrogen) atoms. The van der Waals surface area contributed by atoms with Crippen molar-refractivity contribution in [2.45, 2.75) is 26.0 Å². The second kappa shape index (κ2) is 4.85. The van der Waals surface area contributed by atoms with E-state index >= 15 is 0 Å². The molecule has 5 heteroatoms. The molecular formula is C11H14N4O. The van der Waals surface area contributed by atoms with Gasteiger partial charge in [-0.1, -0.05) is 18.2 Å². The van der Waals surface area contributed by atoms with Gasteiger partial charge in [-0.25, -0.2) is 4.68 Å². The van der Waals surface area contributed by atoms with Gasteiger partial charge in [-0.2, -0.15) is 0 Å². The van der Waals surface area contributed by atoms with Gasteiger partial charge < -0.3 is 5.11 Å². The van der Waals surface area contributed by atoms with E-state index < -0.39 is 6.10 Å². The molecule has 0 bridgehead atoms. The average Bonchev–Trinajstić information content (AvgIpc) is 2.78. The molecule has 0 aliphatic heterocycles. The Labute approximate surface area is 93.8 Å². The van der Waals surface area contributed by atoms with Gasteiger partial charge in [-0.3, -0.25) is 4.98 Å². The molecule has 0 saturated carbocycles. The van der Waals surface area contributed by atoms with Crippen LogP contribution < -0.4 is 0 Å². The Balaban J connectivity index is 2.27. The Morgan fingerprint density at radius 1 is 1.44 bits per heavy atom. The maximum Gasteiger partial charge on any atom is 0.139 e. The van der Waals surface area contributed by atoms with Crippen LogP contribution in [0.4, 0.5) is 0 Å². The zero-order chi connectivity index (χ0) is 11.4. The zero-order valence-corrected chi connectivity index (χ0v) is 9.11. The molecule has 1 atom stereocenters. The van der Waals surface area contributed by atoms with E-state index in [4.69, 9.17) is 0 Å². The van der Waals surface area contributed by atoms with Gasteiger partial charge in [0.05, 0.1) is 17.6 Å². The Hall–Kier alpha value is -1.75. The number of aromatic nitrogens is 4. The molecule has 0 aliphatic carbocycles. The molecule has 5 nitrogen and oxygen atoms in total. The van der Waals surface area contributed by atoms with Crippen molar-refractivity contribution in [3.05, 3.63) is 42.0 Å². The van der Waals surface area contributed by atoms with Gasteiger partial charge in [0.2, 0.25) is 0 Å². The van der Waals surface area contributed by atoms with E-state index in [1.807, 2.05) is 12.1 Å². The van der Waals surface area contributed by atoms with Crippen molar-refractivity contribution < 1.29 is 5.11 Å². The molecule has 0 saturated heterocycles. The zero-order valence-electron chi connectivity index (χ0n) is 9.11. The third kappa shape index (κ3) is 2.09. The fourth-order valence-electron chi connectivity index (χ4n) is 1.55. The summed E-state index contributed by atoms with van der Waals surface area (Å²) in [5, 5.41) is 17.9. The van der Waals surface area contributed by atoms with Gasteiger partial charge in [-0.05, 0) is 18.6 Å². The standard InChI is InChI=1S/C11H14N4O/c1-2-7-15-10(8-13-14-15)11(16)9-5-3-4-6-12-9/h3-6,8,11,16H,2,7H2,1H3. The number of aliphatic hydroxyl groups excluding tert-OH is 1. The average molecular weight is 218 g/mol. The molecular weight excluding hydrogens is 204 g/mol. The molecule has 1 N–H and O–H groups in total. The number of rotatable bonds is 4. The normalized spacial score (nSPS) is 12.6. The summed E-state index contributed by atoms with van der Waals surface area (Å²) in [6.45, 7) is 2.80. The highest BCUT2D eigenvalue weighted by Gasteiger charge is 2.16. The summed E-state index contributed by atoms with van der Waals surface area (Å²) < 4.78 is 1.71. The van der Waals surface area contributed by atoms with Gasteiger partial charge in [0.1, 0.15) is 6.10 Å². The third-order valence-corrected chi connectivity index (χ3v) is 2.33. The first-order valence-corrected chi connectivity index (χ1v) is 5.30. The molecule has 0 amide bonds. The van der Waals surface area contributed by atoms with E-state index in [-0.39, 0.29) is 0 Å². The predicted octanol–water partition coefficient (Wildman–Crippen LogP) is 1.16. The van der Waals surface area contributed by atoms with Crippen LogP contribution >= 0.6 is 0 Å². The van der Waals surface area contributed by atoms with Crippen LogP contribution in [0, 0.1) is 0 Å². The van der Waals surface area contributed by atoms with E-state index in [1.54, 1.807) is 23.1 Å². The SMILES string of the molecule is CCCn1nncc1C(O)c1ccccn1. The monoisotopic (exact) mass is 218 g/mol. The lowest BCUT2D eigenvalue weighted by atomic mass is 10.2. The lowest BCUT2D eigenvalue weighted by Gasteiger charge is -2.10. The number of hydrogen-bond acceptors (Lipinski definition) is 4. The van der Waals surface area contributed by atoms with E-state index in [9.17, 15) is 5.11 Å². The van der Waals surface area contributed by atoms with Crippen LogP contribution in [0.25, 0.3) is 0 Å². The second-order valence-electron chi connectivity index (χ2n) is 3.54. The fraction of sp³-hybridized carbons (Fsp3) is 0.364. The van der Waals surface area contributed by atoms with Gasteiger partial charge in [0, 0.05) is 12.7 Å². The number of aryl methyl sites for hydroxylation is 1. The summed E-state index contributed by atoms with van der Waals surface area (Å²) in [7, 11) is 0. The minimum atomic E-state index is -0.761. The highest BCUT2D eigenvalue weighted by molar-refractivity contribution is 5.16. The van der Waals surface area contributed by atoms with Gasteiger partial charge in [0.25, 0.3) is 0 Å². The van der Waals surface area contributed by atoms with Gasteiger partial charge in [-0.15, -0.1) is 5.10 Å². The first-order chi connectivity index (χ1) is 7.83. The number of hydrogen-bond donors (Lipinski definition) is 1. The summed E-state index contributed by atoms with van der Waals surface area (Å²) in [4.78, 5) is 4.12. The maximum absolute atomic E-state index is 10.1. The van der Waals surface area contributed by atoms with Crippen molar-refractivity contribution >= 4 is 0 Å². The molecule has 2 aromatic rings. The van der Waals surface area contributed by atoms with Crippen LogP contribution in [0.15, 0.2) is 30.6 Å². The lowest BCUT2D eigenvalue weighted by molar-refractivity contribution is 0.202. The molecule has 0 aliphatic rings. The molecule has 0 aromatic carbocycles. The van der Waals surface area contributed by atoms with Crippen LogP contribution in [0.5, 0.6) is 0 Å². The summed E-state index contributed by atoms with van der Waals surface area (Å²) in [6.07, 6.45) is 3.43. The molecule has 2 heterocycles. The minimum Gasteiger partial charge on any atom is -0.380 e. The number of aliphatic hydroxyl groups is 1. The predicted molar refractivity (Wildman–Crippen MR) is 58.6 cm³/mol. The van der Waals surface area contributed by atoms with Gasteiger partial charge in [0.15, 0.2) is 0 Å². The number of nitrogens with zero attached hydrogens (tertiary/aromatic N) is 4. The molecule has 2 rings (SSSR count). The molecule has 2 aromatic heterocycles. The van der Waals surface area contributed by atoms with E-state index in [0.717, 1.165) is 13.0 Å². The highest BCUT2D eigenvalue weighted by Crippen LogP contribution is 2.18. The Bertz CT molecular complexity index is 440. The first kappa shape index (κ1) is 10.8. The molecule has 0 spiro atoms. The van der Waals surface area contributed by atoms with Crippen LogP contribution in [-0.2, 0) is 6.54 Å². The van der Waals surface area contributed by atoms with Crippen LogP contribution in [0.2, 0.25) is 0 Å². The summed E-state index contributed by atoms with van der Waals surface area (Å²) in [5.74, 6) is 0. The lowest BCUT2D eigenvalue weighted by Crippen LogP contribution is -2.11. The van der Waals surface area contributed by atoms with Crippen molar-refractivity contribution in [3.63, 3.8) is 0 Å². The molecule has 1 unspecified atom stereocenters. The van der Waals surface area contributed by atoms with Crippen molar-refractivity contribution in [2.24, 2.45) is 0 Å². The van der Waals surface area contributed by atoms with Crippen molar-refractivity contribution in [3.8, 4) is 0 Å². The number of pyridine rings is 1. The highest BCUT2D eigenvalue weighted by atomic mass is 16.3. The Kier molecular flexibility index (Phi) is 3.26. The summed E-state index contributed by atoms with van der Waals surface area (Å²) in [5.41, 5.74) is 1.29.